The Kier molecular flexibility index (Phi) is 5.67. The molecular formula is C8H16N2O2S. The van der Waals surface area contributed by atoms with Gasteiger partial charge in [0.25, 0.3) is 0 Å². The summed E-state index contributed by atoms with van der Waals surface area (Å²) in [6, 6.07) is 2.02. The lowest BCUT2D eigenvalue weighted by Gasteiger charge is -2.13. The fraction of sp³-hybridized carbons (Fsp3) is 0.875. The summed E-state index contributed by atoms with van der Waals surface area (Å²) in [6.07, 6.45) is 0.447. The predicted octanol–water partition coefficient (Wildman–Crippen LogP) is 0.267. The molecule has 0 rings (SSSR count). The molecule has 0 fully saturated rings. The zero-order chi connectivity index (χ0) is 10.3. The number of hydrogen-bond donors (Lipinski definition) is 0. The van der Waals surface area contributed by atoms with Gasteiger partial charge in [0.1, 0.15) is 0 Å². The van der Waals surface area contributed by atoms with Gasteiger partial charge in [0, 0.05) is 25.3 Å². The van der Waals surface area contributed by atoms with Crippen LogP contribution in [-0.4, -0.2) is 45.0 Å². The van der Waals surface area contributed by atoms with E-state index in [1.807, 2.05) is 18.0 Å². The number of hydrogen-bond acceptors (Lipinski definition) is 4. The summed E-state index contributed by atoms with van der Waals surface area (Å²) in [6.45, 7) is 2.79. The summed E-state index contributed by atoms with van der Waals surface area (Å²) in [5.41, 5.74) is 0. The minimum atomic E-state index is -2.86. The number of nitriles is 1. The molecule has 0 aliphatic rings. The minimum absolute atomic E-state index is 0.186. The summed E-state index contributed by atoms with van der Waals surface area (Å²) >= 11 is 0. The van der Waals surface area contributed by atoms with Crippen molar-refractivity contribution in [3.8, 4) is 6.07 Å². The maximum absolute atomic E-state index is 11.1. The second-order valence-corrected chi connectivity index (χ2v) is 5.42. The highest BCUT2D eigenvalue weighted by atomic mass is 32.2. The zero-order valence-corrected chi connectivity index (χ0v) is 8.97. The van der Waals surface area contributed by atoms with Crippen molar-refractivity contribution in [3.63, 3.8) is 0 Å². The maximum atomic E-state index is 11.1. The number of sulfone groups is 1. The maximum Gasteiger partial charge on any atom is 0.151 e. The molecule has 0 N–H and O–H groups in total. The molecule has 0 amide bonds. The summed E-state index contributed by atoms with van der Waals surface area (Å²) in [5.74, 6) is 0.379. The van der Waals surface area contributed by atoms with Gasteiger partial charge in [-0.15, -0.1) is 0 Å². The molecule has 76 valence electrons. The van der Waals surface area contributed by atoms with Crippen molar-refractivity contribution in [2.45, 2.75) is 13.3 Å². The standard InChI is InChI=1S/C8H16N2O2S/c1-3-13(11,12)8-7-10(2)6-4-5-9/h3-4,6-8H2,1-2H3. The van der Waals surface area contributed by atoms with Gasteiger partial charge in [-0.25, -0.2) is 8.42 Å². The van der Waals surface area contributed by atoms with Crippen LogP contribution in [0.1, 0.15) is 13.3 Å². The molecule has 0 saturated carbocycles. The Hall–Kier alpha value is -0.600. The molecule has 0 aromatic heterocycles. The molecule has 0 bridgehead atoms. The van der Waals surface area contributed by atoms with Crippen LogP contribution in [-0.2, 0) is 9.84 Å². The Morgan fingerprint density at radius 3 is 2.46 bits per heavy atom. The minimum Gasteiger partial charge on any atom is -0.304 e. The lowest BCUT2D eigenvalue weighted by Crippen LogP contribution is -2.27. The van der Waals surface area contributed by atoms with E-state index in [-0.39, 0.29) is 11.5 Å². The fourth-order valence-corrected chi connectivity index (χ4v) is 1.67. The van der Waals surface area contributed by atoms with Crippen LogP contribution in [0.4, 0.5) is 0 Å². The molecule has 0 aromatic rings. The van der Waals surface area contributed by atoms with Gasteiger partial charge in [0.05, 0.1) is 11.8 Å². The van der Waals surface area contributed by atoms with Crippen molar-refractivity contribution in [3.05, 3.63) is 0 Å². The van der Waals surface area contributed by atoms with Gasteiger partial charge < -0.3 is 4.90 Å². The van der Waals surface area contributed by atoms with E-state index in [1.54, 1.807) is 6.92 Å². The first-order valence-electron chi connectivity index (χ1n) is 4.27. The fourth-order valence-electron chi connectivity index (χ4n) is 0.792. The van der Waals surface area contributed by atoms with Crippen molar-refractivity contribution >= 4 is 9.84 Å². The second-order valence-electron chi connectivity index (χ2n) is 2.95. The van der Waals surface area contributed by atoms with Crippen LogP contribution in [0.25, 0.3) is 0 Å². The SMILES string of the molecule is CCS(=O)(=O)CCN(C)CCC#N. The molecule has 13 heavy (non-hydrogen) atoms. The van der Waals surface area contributed by atoms with Crippen LogP contribution < -0.4 is 0 Å². The molecule has 4 nitrogen and oxygen atoms in total. The van der Waals surface area contributed by atoms with Gasteiger partial charge in [-0.3, -0.25) is 0 Å². The number of nitrogens with zero attached hydrogens (tertiary/aromatic N) is 2. The zero-order valence-electron chi connectivity index (χ0n) is 8.15. The molecular weight excluding hydrogens is 188 g/mol. The molecule has 0 spiro atoms. The van der Waals surface area contributed by atoms with Crippen LogP contribution in [0.15, 0.2) is 0 Å². The van der Waals surface area contributed by atoms with Gasteiger partial charge in [-0.1, -0.05) is 6.92 Å². The Morgan fingerprint density at radius 1 is 1.38 bits per heavy atom. The van der Waals surface area contributed by atoms with Crippen LogP contribution >= 0.6 is 0 Å². The molecule has 0 aromatic carbocycles. The summed E-state index contributed by atoms with van der Waals surface area (Å²) in [4.78, 5) is 1.86. The Labute approximate surface area is 80.1 Å². The molecule has 0 aliphatic carbocycles. The molecule has 0 heterocycles. The smallest absolute Gasteiger partial charge is 0.151 e. The third-order valence-electron chi connectivity index (χ3n) is 1.83. The van der Waals surface area contributed by atoms with Crippen molar-refractivity contribution in [1.82, 2.24) is 4.90 Å². The van der Waals surface area contributed by atoms with E-state index in [0.717, 1.165) is 0 Å². The Morgan fingerprint density at radius 2 is 2.00 bits per heavy atom. The van der Waals surface area contributed by atoms with Gasteiger partial charge >= 0.3 is 0 Å². The van der Waals surface area contributed by atoms with E-state index in [1.165, 1.54) is 0 Å². The lowest BCUT2D eigenvalue weighted by molar-refractivity contribution is 0.362. The number of rotatable bonds is 6. The molecule has 0 aliphatic heterocycles. The average Bonchev–Trinajstić information content (AvgIpc) is 2.11. The van der Waals surface area contributed by atoms with E-state index in [4.69, 9.17) is 5.26 Å². The molecule has 0 radical (unpaired) electrons. The third-order valence-corrected chi connectivity index (χ3v) is 3.51. The van der Waals surface area contributed by atoms with Crippen LogP contribution in [0.5, 0.6) is 0 Å². The van der Waals surface area contributed by atoms with Crippen molar-refractivity contribution in [1.29, 1.82) is 5.26 Å². The molecule has 0 unspecified atom stereocenters. The lowest BCUT2D eigenvalue weighted by atomic mass is 10.4. The average molecular weight is 204 g/mol. The van der Waals surface area contributed by atoms with E-state index in [0.29, 0.717) is 19.5 Å². The largest absolute Gasteiger partial charge is 0.304 e. The van der Waals surface area contributed by atoms with Crippen molar-refractivity contribution < 1.29 is 8.42 Å². The molecule has 5 heteroatoms. The second kappa shape index (κ2) is 5.95. The van der Waals surface area contributed by atoms with Crippen LogP contribution in [0, 0.1) is 11.3 Å². The first-order valence-corrected chi connectivity index (χ1v) is 6.10. The Balaban J connectivity index is 3.71. The third kappa shape index (κ3) is 6.55. The van der Waals surface area contributed by atoms with Gasteiger partial charge in [0.2, 0.25) is 0 Å². The van der Waals surface area contributed by atoms with Crippen molar-refractivity contribution in [2.75, 3.05) is 31.6 Å². The van der Waals surface area contributed by atoms with E-state index >= 15 is 0 Å². The summed E-state index contributed by atoms with van der Waals surface area (Å²) in [5, 5.41) is 8.29. The van der Waals surface area contributed by atoms with Crippen molar-refractivity contribution in [2.24, 2.45) is 0 Å². The van der Waals surface area contributed by atoms with Crippen LogP contribution in [0.2, 0.25) is 0 Å². The highest BCUT2D eigenvalue weighted by Gasteiger charge is 2.08. The quantitative estimate of drug-likeness (QED) is 0.623. The Bertz CT molecular complexity index is 266. The van der Waals surface area contributed by atoms with Crippen LogP contribution in [0.3, 0.4) is 0 Å². The topological polar surface area (TPSA) is 61.2 Å². The first kappa shape index (κ1) is 12.4. The van der Waals surface area contributed by atoms with Gasteiger partial charge in [-0.05, 0) is 7.05 Å². The van der Waals surface area contributed by atoms with Gasteiger partial charge in [0.15, 0.2) is 9.84 Å². The first-order chi connectivity index (χ1) is 6.02. The summed E-state index contributed by atoms with van der Waals surface area (Å²) < 4.78 is 22.2. The van der Waals surface area contributed by atoms with E-state index in [9.17, 15) is 8.42 Å². The van der Waals surface area contributed by atoms with Gasteiger partial charge in [-0.2, -0.15) is 5.26 Å². The predicted molar refractivity (Wildman–Crippen MR) is 52.1 cm³/mol. The molecule has 0 atom stereocenters. The highest BCUT2D eigenvalue weighted by molar-refractivity contribution is 7.91. The van der Waals surface area contributed by atoms with E-state index < -0.39 is 9.84 Å². The molecule has 0 saturated heterocycles. The summed E-state index contributed by atoms with van der Waals surface area (Å²) in [7, 11) is -1.04. The van der Waals surface area contributed by atoms with E-state index in [2.05, 4.69) is 0 Å². The monoisotopic (exact) mass is 204 g/mol. The normalized spacial score (nSPS) is 11.5. The highest BCUT2D eigenvalue weighted by Crippen LogP contribution is 1.92.